The zero-order valence-corrected chi connectivity index (χ0v) is 19.0. The maximum absolute atomic E-state index is 12.5. The molecule has 0 amide bonds. The van der Waals surface area contributed by atoms with Crippen LogP contribution in [-0.4, -0.2) is 44.8 Å². The molecule has 1 aliphatic rings. The van der Waals surface area contributed by atoms with Crippen LogP contribution in [0.2, 0.25) is 0 Å². The molecular formula is C26H29NO6. The van der Waals surface area contributed by atoms with Crippen molar-refractivity contribution in [1.29, 1.82) is 0 Å². The van der Waals surface area contributed by atoms with Crippen molar-refractivity contribution in [3.63, 3.8) is 0 Å². The summed E-state index contributed by atoms with van der Waals surface area (Å²) in [5.41, 5.74) is 1.24. The van der Waals surface area contributed by atoms with Gasteiger partial charge >= 0.3 is 5.97 Å². The summed E-state index contributed by atoms with van der Waals surface area (Å²) < 4.78 is 21.5. The Balaban J connectivity index is 1.30. The Kier molecular flexibility index (Phi) is 7.29. The highest BCUT2D eigenvalue weighted by Crippen LogP contribution is 2.31. The molecule has 7 heteroatoms. The Hall–Kier alpha value is -3.32. The van der Waals surface area contributed by atoms with Crippen LogP contribution in [0.1, 0.15) is 35.4 Å². The van der Waals surface area contributed by atoms with Crippen LogP contribution in [0.5, 0.6) is 11.5 Å². The molecule has 1 fully saturated rings. The van der Waals surface area contributed by atoms with Crippen molar-refractivity contribution < 1.29 is 23.4 Å². The van der Waals surface area contributed by atoms with Crippen LogP contribution in [-0.2, 0) is 11.3 Å². The number of rotatable bonds is 8. The van der Waals surface area contributed by atoms with Gasteiger partial charge in [-0.2, -0.15) is 0 Å². The molecule has 1 aromatic heterocycles. The summed E-state index contributed by atoms with van der Waals surface area (Å²) in [7, 11) is 2.98. The van der Waals surface area contributed by atoms with E-state index in [4.69, 9.17) is 18.6 Å². The lowest BCUT2D eigenvalue weighted by Crippen LogP contribution is -2.33. The zero-order valence-electron chi connectivity index (χ0n) is 19.0. The van der Waals surface area contributed by atoms with E-state index < -0.39 is 5.97 Å². The largest absolute Gasteiger partial charge is 0.493 e. The van der Waals surface area contributed by atoms with Gasteiger partial charge in [-0.3, -0.25) is 9.69 Å². The lowest BCUT2D eigenvalue weighted by Gasteiger charge is -2.31. The van der Waals surface area contributed by atoms with E-state index in [0.29, 0.717) is 29.4 Å². The number of methoxy groups -OCH3 is 2. The fourth-order valence-corrected chi connectivity index (χ4v) is 4.25. The molecule has 1 aliphatic heterocycles. The second-order valence-electron chi connectivity index (χ2n) is 8.31. The van der Waals surface area contributed by atoms with E-state index in [1.165, 1.54) is 31.9 Å². The highest BCUT2D eigenvalue weighted by atomic mass is 16.5. The number of nitrogens with zero attached hydrogens (tertiary/aromatic N) is 1. The summed E-state index contributed by atoms with van der Waals surface area (Å²) >= 11 is 0. The molecule has 0 unspecified atom stereocenters. The van der Waals surface area contributed by atoms with Gasteiger partial charge in [0.25, 0.3) is 0 Å². The number of likely N-dealkylation sites (tertiary alicyclic amines) is 1. The molecule has 2 heterocycles. The van der Waals surface area contributed by atoms with E-state index >= 15 is 0 Å². The molecule has 3 aromatic rings. The van der Waals surface area contributed by atoms with E-state index in [-0.39, 0.29) is 16.8 Å². The Morgan fingerprint density at radius 1 is 1.03 bits per heavy atom. The number of ether oxygens (including phenoxy) is 3. The van der Waals surface area contributed by atoms with Gasteiger partial charge in [-0.15, -0.1) is 0 Å². The van der Waals surface area contributed by atoms with Crippen molar-refractivity contribution in [2.45, 2.75) is 25.8 Å². The lowest BCUT2D eigenvalue weighted by molar-refractivity contribution is 0.0427. The second-order valence-corrected chi connectivity index (χ2v) is 8.31. The van der Waals surface area contributed by atoms with Crippen molar-refractivity contribution in [2.75, 3.05) is 33.9 Å². The summed E-state index contributed by atoms with van der Waals surface area (Å²) in [4.78, 5) is 27.4. The number of esters is 1. The molecule has 0 atom stereocenters. The number of fused-ring (bicyclic) bond motifs is 1. The smallest absolute Gasteiger partial charge is 0.374 e. The monoisotopic (exact) mass is 451 g/mol. The molecule has 0 radical (unpaired) electrons. The molecule has 0 saturated carbocycles. The van der Waals surface area contributed by atoms with E-state index in [9.17, 15) is 9.59 Å². The van der Waals surface area contributed by atoms with Crippen molar-refractivity contribution in [3.05, 3.63) is 70.1 Å². The van der Waals surface area contributed by atoms with Gasteiger partial charge in [0.1, 0.15) is 5.58 Å². The second kappa shape index (κ2) is 10.5. The summed E-state index contributed by atoms with van der Waals surface area (Å²) in [6.07, 6.45) is 2.96. The van der Waals surface area contributed by atoms with E-state index in [0.717, 1.165) is 38.9 Å². The average molecular weight is 452 g/mol. The minimum atomic E-state index is -0.634. The summed E-state index contributed by atoms with van der Waals surface area (Å²) in [5.74, 6) is 0.604. The maximum atomic E-state index is 12.5. The molecule has 1 saturated heterocycles. The van der Waals surface area contributed by atoms with Gasteiger partial charge in [0, 0.05) is 18.7 Å². The quantitative estimate of drug-likeness (QED) is 0.473. The lowest BCUT2D eigenvalue weighted by atomic mass is 9.93. The van der Waals surface area contributed by atoms with Crippen LogP contribution in [0.3, 0.4) is 0 Å². The molecule has 0 N–H and O–H groups in total. The molecule has 0 aliphatic carbocycles. The minimum Gasteiger partial charge on any atom is -0.493 e. The van der Waals surface area contributed by atoms with Gasteiger partial charge in [-0.1, -0.05) is 30.3 Å². The molecule has 33 heavy (non-hydrogen) atoms. The third-order valence-electron chi connectivity index (χ3n) is 6.15. The van der Waals surface area contributed by atoms with Gasteiger partial charge in [0.2, 0.25) is 5.76 Å². The van der Waals surface area contributed by atoms with E-state index in [2.05, 4.69) is 29.2 Å². The number of carbonyl (C=O) groups is 1. The third-order valence-corrected chi connectivity index (χ3v) is 6.15. The highest BCUT2D eigenvalue weighted by Gasteiger charge is 2.21. The van der Waals surface area contributed by atoms with Crippen LogP contribution >= 0.6 is 0 Å². The molecule has 4 rings (SSSR count). The van der Waals surface area contributed by atoms with Crippen LogP contribution in [0.15, 0.2) is 57.7 Å². The van der Waals surface area contributed by atoms with Crippen LogP contribution < -0.4 is 14.9 Å². The van der Waals surface area contributed by atoms with Gasteiger partial charge in [0.15, 0.2) is 16.9 Å². The van der Waals surface area contributed by atoms with E-state index in [1.54, 1.807) is 6.07 Å². The van der Waals surface area contributed by atoms with Crippen LogP contribution in [0, 0.1) is 5.92 Å². The molecule has 174 valence electrons. The number of hydrogen-bond donors (Lipinski definition) is 0. The Morgan fingerprint density at radius 2 is 1.73 bits per heavy atom. The zero-order chi connectivity index (χ0) is 23.2. The van der Waals surface area contributed by atoms with Gasteiger partial charge in [-0.05, 0) is 49.9 Å². The van der Waals surface area contributed by atoms with E-state index in [1.807, 2.05) is 6.07 Å². The standard InChI is InChI=1S/C26H29NO6/c1-30-23-14-20-21(28)15-25(33-22(20)16-24(23)31-2)26(29)32-13-10-18-8-11-27(12-9-18)17-19-6-4-3-5-7-19/h3-7,14-16,18H,8-13,17H2,1-2H3. The fourth-order valence-electron chi connectivity index (χ4n) is 4.25. The highest BCUT2D eigenvalue weighted by molar-refractivity contribution is 5.89. The summed E-state index contributed by atoms with van der Waals surface area (Å²) in [5, 5.41) is 0.312. The van der Waals surface area contributed by atoms with Crippen LogP contribution in [0.4, 0.5) is 0 Å². The molecule has 7 nitrogen and oxygen atoms in total. The summed E-state index contributed by atoms with van der Waals surface area (Å²) in [6, 6.07) is 14.7. The summed E-state index contributed by atoms with van der Waals surface area (Å²) in [6.45, 7) is 3.35. The predicted molar refractivity (Wildman–Crippen MR) is 125 cm³/mol. The number of hydrogen-bond acceptors (Lipinski definition) is 7. The molecule has 0 bridgehead atoms. The van der Waals surface area contributed by atoms with Crippen molar-refractivity contribution in [2.24, 2.45) is 5.92 Å². The first-order valence-electron chi connectivity index (χ1n) is 11.2. The van der Waals surface area contributed by atoms with Crippen molar-refractivity contribution in [3.8, 4) is 11.5 Å². The van der Waals surface area contributed by atoms with Crippen molar-refractivity contribution in [1.82, 2.24) is 4.90 Å². The fraction of sp³-hybridized carbons (Fsp3) is 0.385. The van der Waals surface area contributed by atoms with Gasteiger partial charge < -0.3 is 18.6 Å². The number of carbonyl (C=O) groups excluding carboxylic acids is 1. The van der Waals surface area contributed by atoms with Crippen LogP contribution in [0.25, 0.3) is 11.0 Å². The molecular weight excluding hydrogens is 422 g/mol. The maximum Gasteiger partial charge on any atom is 0.374 e. The SMILES string of the molecule is COc1cc2oc(C(=O)OCCC3CCN(Cc4ccccc4)CC3)cc(=O)c2cc1OC. The Labute approximate surface area is 192 Å². The van der Waals surface area contributed by atoms with Gasteiger partial charge in [-0.25, -0.2) is 4.79 Å². The first-order valence-corrected chi connectivity index (χ1v) is 11.2. The number of benzene rings is 2. The van der Waals surface area contributed by atoms with Crippen molar-refractivity contribution >= 4 is 16.9 Å². The topological polar surface area (TPSA) is 78.2 Å². The Bertz CT molecular complexity index is 1150. The minimum absolute atomic E-state index is 0.114. The first kappa shape index (κ1) is 22.9. The third kappa shape index (κ3) is 5.54. The number of piperidine rings is 1. The first-order chi connectivity index (χ1) is 16.1. The normalized spacial score (nSPS) is 14.8. The average Bonchev–Trinajstić information content (AvgIpc) is 2.84. The molecule has 2 aromatic carbocycles. The predicted octanol–water partition coefficient (Wildman–Crippen LogP) is 4.27. The van der Waals surface area contributed by atoms with Gasteiger partial charge in [0.05, 0.1) is 26.2 Å². The molecule has 0 spiro atoms. The Morgan fingerprint density at radius 3 is 2.42 bits per heavy atom.